The predicted octanol–water partition coefficient (Wildman–Crippen LogP) is -0.673. The van der Waals surface area contributed by atoms with Gasteiger partial charge in [-0.15, -0.1) is 0 Å². The number of esters is 5. The van der Waals surface area contributed by atoms with E-state index >= 15 is 0 Å². The summed E-state index contributed by atoms with van der Waals surface area (Å²) in [6.07, 6.45) is 1.67. The number of carboxylic acids is 1. The molecule has 2 N–H and O–H groups in total. The van der Waals surface area contributed by atoms with Crippen LogP contribution in [0.4, 0.5) is 0 Å². The molecule has 3 aliphatic rings. The van der Waals surface area contributed by atoms with Crippen LogP contribution in [0.3, 0.4) is 0 Å². The number of aliphatic carboxylic acids is 1. The summed E-state index contributed by atoms with van der Waals surface area (Å²) in [5.74, 6) is -7.55. The largest absolute Gasteiger partial charge is 0.481 e. The number of ether oxygens (including phenoxy) is 5. The molecule has 0 spiro atoms. The molecule has 1 fully saturated rings. The fourth-order valence-corrected chi connectivity index (χ4v) is 4.29. The third kappa shape index (κ3) is 9.34. The van der Waals surface area contributed by atoms with E-state index < -0.39 is 65.6 Å². The quantitative estimate of drug-likeness (QED) is 0.292. The molecule has 3 aliphatic carbocycles. The third-order valence-corrected chi connectivity index (χ3v) is 6.34. The van der Waals surface area contributed by atoms with Crippen molar-refractivity contribution >= 4 is 47.4 Å². The van der Waals surface area contributed by atoms with Crippen LogP contribution in [0.25, 0.3) is 0 Å². The topological polar surface area (TPSA) is 223 Å². The minimum absolute atomic E-state index is 0.0168. The van der Waals surface area contributed by atoms with Crippen LogP contribution in [0.2, 0.25) is 0 Å². The number of Topliss-reactive ketones (excluding diaryl/α,β-unsaturated/α-hetero) is 1. The number of aliphatic hydroxyl groups excluding tert-OH is 1. The van der Waals surface area contributed by atoms with E-state index in [9.17, 15) is 38.4 Å². The highest BCUT2D eigenvalue weighted by Gasteiger charge is 2.43. The van der Waals surface area contributed by atoms with Crippen molar-refractivity contribution in [3.63, 3.8) is 0 Å². The highest BCUT2D eigenvalue weighted by Crippen LogP contribution is 2.31. The van der Waals surface area contributed by atoms with Crippen LogP contribution in [0.1, 0.15) is 25.7 Å². The van der Waals surface area contributed by atoms with Crippen LogP contribution >= 0.6 is 0 Å². The normalized spacial score (nSPS) is 24.3. The number of carbonyl (C=O) groups is 8. The van der Waals surface area contributed by atoms with E-state index in [-0.39, 0.29) is 48.4 Å². The smallest absolute Gasteiger partial charge is 0.334 e. The van der Waals surface area contributed by atoms with Crippen molar-refractivity contribution in [1.29, 1.82) is 0 Å². The van der Waals surface area contributed by atoms with Gasteiger partial charge in [-0.2, -0.15) is 0 Å². The van der Waals surface area contributed by atoms with E-state index in [0.717, 1.165) is 6.08 Å². The van der Waals surface area contributed by atoms with Gasteiger partial charge in [0.05, 0.1) is 76.5 Å². The zero-order valence-electron chi connectivity index (χ0n) is 23.1. The molecule has 226 valence electrons. The Balaban J connectivity index is 0.000000308. The van der Waals surface area contributed by atoms with Gasteiger partial charge in [0.1, 0.15) is 5.78 Å². The molecular weight excluding hydrogens is 552 g/mol. The van der Waals surface area contributed by atoms with Crippen LogP contribution in [-0.2, 0) is 62.0 Å². The van der Waals surface area contributed by atoms with Gasteiger partial charge in [-0.3, -0.25) is 28.8 Å². The van der Waals surface area contributed by atoms with Crippen LogP contribution in [-0.4, -0.2) is 99.2 Å². The van der Waals surface area contributed by atoms with Gasteiger partial charge < -0.3 is 33.9 Å². The molecule has 41 heavy (non-hydrogen) atoms. The summed E-state index contributed by atoms with van der Waals surface area (Å²) < 4.78 is 22.3. The Labute approximate surface area is 234 Å². The molecule has 0 saturated heterocycles. The van der Waals surface area contributed by atoms with Crippen molar-refractivity contribution in [2.24, 2.45) is 23.7 Å². The van der Waals surface area contributed by atoms with Gasteiger partial charge in [-0.05, 0) is 18.6 Å². The van der Waals surface area contributed by atoms with E-state index in [4.69, 9.17) is 10.2 Å². The number of methoxy groups -OCH3 is 5. The number of rotatable bonds is 6. The Hall–Kier alpha value is -4.40. The summed E-state index contributed by atoms with van der Waals surface area (Å²) >= 11 is 0. The Morgan fingerprint density at radius 2 is 1.15 bits per heavy atom. The van der Waals surface area contributed by atoms with E-state index in [1.165, 1.54) is 41.6 Å². The zero-order chi connectivity index (χ0) is 31.4. The summed E-state index contributed by atoms with van der Waals surface area (Å²) in [6.45, 7) is 0. The van der Waals surface area contributed by atoms with Gasteiger partial charge in [0.25, 0.3) is 0 Å². The molecule has 0 amide bonds. The summed E-state index contributed by atoms with van der Waals surface area (Å²) in [5.41, 5.74) is 0.104. The first-order valence-electron chi connectivity index (χ1n) is 12.0. The second kappa shape index (κ2) is 16.0. The van der Waals surface area contributed by atoms with Crippen molar-refractivity contribution in [3.8, 4) is 0 Å². The first kappa shape index (κ1) is 34.6. The van der Waals surface area contributed by atoms with Gasteiger partial charge in [0, 0.05) is 19.3 Å². The molecule has 0 radical (unpaired) electrons. The average Bonchev–Trinajstić information content (AvgIpc) is 3.67. The van der Waals surface area contributed by atoms with Crippen molar-refractivity contribution in [2.45, 2.75) is 31.8 Å². The maximum atomic E-state index is 11.2. The van der Waals surface area contributed by atoms with Crippen LogP contribution in [0, 0.1) is 23.7 Å². The maximum absolute atomic E-state index is 11.2. The molecule has 15 nitrogen and oxygen atoms in total. The Kier molecular flexibility index (Phi) is 13.5. The van der Waals surface area contributed by atoms with Gasteiger partial charge in [-0.1, -0.05) is 0 Å². The lowest BCUT2D eigenvalue weighted by molar-refractivity contribution is -0.156. The molecule has 0 bridgehead atoms. The molecule has 15 heteroatoms. The lowest BCUT2D eigenvalue weighted by Crippen LogP contribution is -2.27. The second-order valence-electron chi connectivity index (χ2n) is 8.85. The Bertz CT molecular complexity index is 1110. The number of carboxylic acid groups (broad SMARTS) is 1. The van der Waals surface area contributed by atoms with Gasteiger partial charge in [0.2, 0.25) is 0 Å². The van der Waals surface area contributed by atoms with E-state index in [2.05, 4.69) is 23.7 Å². The van der Waals surface area contributed by atoms with Crippen LogP contribution in [0.5, 0.6) is 0 Å². The van der Waals surface area contributed by atoms with Crippen molar-refractivity contribution in [2.75, 3.05) is 35.5 Å². The molecule has 0 aromatic rings. The molecule has 5 unspecified atom stereocenters. The lowest BCUT2D eigenvalue weighted by atomic mass is 9.96. The molecule has 3 rings (SSSR count). The van der Waals surface area contributed by atoms with Gasteiger partial charge in [0.15, 0.2) is 5.78 Å². The minimum Gasteiger partial charge on any atom is -0.481 e. The van der Waals surface area contributed by atoms with Gasteiger partial charge >= 0.3 is 35.8 Å². The summed E-state index contributed by atoms with van der Waals surface area (Å²) in [5, 5.41) is 17.8. The van der Waals surface area contributed by atoms with Crippen molar-refractivity contribution in [3.05, 3.63) is 23.3 Å². The average molecular weight is 585 g/mol. The second-order valence-corrected chi connectivity index (χ2v) is 8.85. The third-order valence-electron chi connectivity index (χ3n) is 6.34. The number of ketones is 2. The van der Waals surface area contributed by atoms with E-state index in [1.807, 2.05) is 0 Å². The fraction of sp³-hybridized carbons (Fsp3) is 0.538. The van der Waals surface area contributed by atoms with Crippen molar-refractivity contribution in [1.82, 2.24) is 0 Å². The highest BCUT2D eigenvalue weighted by atomic mass is 16.5. The SMILES string of the molecule is COC(=O)C1=CC(=O)CC1C(=O)OC.COC(=O)C1=CC(O)CC1C(=O)O.COC(=O)C1CC(=O)CC1C(=O)OC. The van der Waals surface area contributed by atoms with Crippen molar-refractivity contribution < 1.29 is 72.3 Å². The summed E-state index contributed by atoms with van der Waals surface area (Å²) in [7, 11) is 6.05. The zero-order valence-corrected chi connectivity index (χ0v) is 23.1. The molecule has 5 atom stereocenters. The molecule has 0 heterocycles. The van der Waals surface area contributed by atoms with Gasteiger partial charge in [-0.25, -0.2) is 9.59 Å². The van der Waals surface area contributed by atoms with E-state index in [0.29, 0.717) is 0 Å². The first-order chi connectivity index (χ1) is 19.2. The molecule has 0 aliphatic heterocycles. The summed E-state index contributed by atoms with van der Waals surface area (Å²) in [4.78, 5) is 88.5. The Morgan fingerprint density at radius 1 is 0.683 bits per heavy atom. The molecule has 0 aromatic heterocycles. The number of hydrogen-bond acceptors (Lipinski definition) is 14. The van der Waals surface area contributed by atoms with Crippen LogP contribution < -0.4 is 0 Å². The number of aliphatic hydroxyl groups is 1. The lowest BCUT2D eigenvalue weighted by Gasteiger charge is -2.13. The number of hydrogen-bond donors (Lipinski definition) is 2. The fourth-order valence-electron chi connectivity index (χ4n) is 4.29. The highest BCUT2D eigenvalue weighted by molar-refractivity contribution is 6.08. The first-order valence-corrected chi connectivity index (χ1v) is 12.0. The predicted molar refractivity (Wildman–Crippen MR) is 132 cm³/mol. The minimum atomic E-state index is -1.12. The number of allylic oxidation sites excluding steroid dienone is 1. The standard InChI is InChI=1S/C9H12O5.C9H10O5.C8H10O5/c2*1-13-8(11)6-3-5(10)4-7(6)9(12)14-2;1-13-8(12)6-3-4(9)2-5(6)7(10)11/h6-7H,3-4H2,1-2H3;3,7H,4H2,1-2H3;3-5,9H,2H2,1H3,(H,10,11). The maximum Gasteiger partial charge on any atom is 0.334 e. The monoisotopic (exact) mass is 584 g/mol. The molecule has 0 aromatic carbocycles. The summed E-state index contributed by atoms with van der Waals surface area (Å²) in [6, 6.07) is 0. The Morgan fingerprint density at radius 3 is 1.56 bits per heavy atom. The molecular formula is C26H32O15. The van der Waals surface area contributed by atoms with E-state index in [1.54, 1.807) is 0 Å². The molecule has 1 saturated carbocycles. The number of carbonyl (C=O) groups excluding carboxylic acids is 7. The van der Waals surface area contributed by atoms with Crippen LogP contribution in [0.15, 0.2) is 23.3 Å².